The second kappa shape index (κ2) is 11.7. The number of benzene rings is 1. The molecule has 1 aliphatic rings. The van der Waals surface area contributed by atoms with Crippen LogP contribution in [0, 0.1) is 0 Å². The minimum absolute atomic E-state index is 0. The summed E-state index contributed by atoms with van der Waals surface area (Å²) in [6.45, 7) is 0.457. The third kappa shape index (κ3) is 9.41. The zero-order chi connectivity index (χ0) is 17.3. The van der Waals surface area contributed by atoms with Crippen molar-refractivity contribution in [2.24, 2.45) is 10.7 Å². The molecule has 0 unspecified atom stereocenters. The minimum atomic E-state index is -3.35. The molecule has 1 aromatic rings. The van der Waals surface area contributed by atoms with Gasteiger partial charge in [0, 0.05) is 12.6 Å². The van der Waals surface area contributed by atoms with E-state index in [9.17, 15) is 8.42 Å². The van der Waals surface area contributed by atoms with Crippen molar-refractivity contribution in [3.63, 3.8) is 0 Å². The number of halogens is 1. The predicted octanol–water partition coefficient (Wildman–Crippen LogP) is 2.35. The van der Waals surface area contributed by atoms with Crippen molar-refractivity contribution in [2.75, 3.05) is 12.3 Å². The molecule has 0 aliphatic heterocycles. The van der Waals surface area contributed by atoms with Gasteiger partial charge in [-0.1, -0.05) is 56.0 Å². The second-order valence-corrected chi connectivity index (χ2v) is 8.15. The van der Waals surface area contributed by atoms with Crippen LogP contribution in [0.1, 0.15) is 44.1 Å². The lowest BCUT2D eigenvalue weighted by Gasteiger charge is -2.16. The zero-order valence-corrected chi connectivity index (χ0v) is 17.6. The number of hydrogen-bond donors (Lipinski definition) is 3. The third-order valence-electron chi connectivity index (χ3n) is 4.19. The molecule has 0 radical (unpaired) electrons. The summed E-state index contributed by atoms with van der Waals surface area (Å²) in [4.78, 5) is 4.15. The lowest BCUT2D eigenvalue weighted by molar-refractivity contribution is 0.530. The molecule has 1 aromatic carbocycles. The van der Waals surface area contributed by atoms with Crippen LogP contribution in [0.5, 0.6) is 0 Å². The Bertz CT molecular complexity index is 615. The van der Waals surface area contributed by atoms with Crippen LogP contribution in [0.15, 0.2) is 35.3 Å². The lowest BCUT2D eigenvalue weighted by Crippen LogP contribution is -2.40. The van der Waals surface area contributed by atoms with Crippen LogP contribution < -0.4 is 15.8 Å². The second-order valence-electron chi connectivity index (χ2n) is 6.23. The van der Waals surface area contributed by atoms with Gasteiger partial charge in [0.1, 0.15) is 0 Å². The zero-order valence-electron chi connectivity index (χ0n) is 14.5. The van der Waals surface area contributed by atoms with Gasteiger partial charge in [0.15, 0.2) is 5.96 Å². The molecular formula is C17H29IN4O2S. The Labute approximate surface area is 168 Å². The van der Waals surface area contributed by atoms with Crippen LogP contribution in [-0.4, -0.2) is 32.7 Å². The lowest BCUT2D eigenvalue weighted by atomic mass is 10.1. The number of hydrogen-bond acceptors (Lipinski definition) is 3. The topological polar surface area (TPSA) is 96.6 Å². The van der Waals surface area contributed by atoms with Crippen molar-refractivity contribution in [1.82, 2.24) is 10.0 Å². The molecule has 25 heavy (non-hydrogen) atoms. The molecule has 0 saturated heterocycles. The predicted molar refractivity (Wildman–Crippen MR) is 114 cm³/mol. The Balaban J connectivity index is 0.00000312. The maximum atomic E-state index is 12.0. The Hall–Kier alpha value is -0.870. The van der Waals surface area contributed by atoms with Gasteiger partial charge in [-0.05, 0) is 18.4 Å². The first-order valence-corrected chi connectivity index (χ1v) is 10.3. The van der Waals surface area contributed by atoms with E-state index in [2.05, 4.69) is 15.0 Å². The largest absolute Gasteiger partial charge is 0.370 e. The average molecular weight is 480 g/mol. The number of sulfonamides is 1. The van der Waals surface area contributed by atoms with Crippen LogP contribution in [0.3, 0.4) is 0 Å². The van der Waals surface area contributed by atoms with Crippen molar-refractivity contribution < 1.29 is 8.42 Å². The fraction of sp³-hybridized carbons (Fsp3) is 0.588. The standard InChI is InChI=1S/C17H28N4O2S.HI/c18-17(21-16-10-6-1-2-7-11-16)19-12-13-24(22,23)20-14-15-8-4-3-5-9-15;/h3-5,8-9,16,20H,1-2,6-7,10-14H2,(H3,18,19,21);1H. The van der Waals surface area contributed by atoms with E-state index in [4.69, 9.17) is 5.73 Å². The molecule has 0 aromatic heterocycles. The number of rotatable bonds is 7. The van der Waals surface area contributed by atoms with Crippen LogP contribution in [0.2, 0.25) is 0 Å². The molecule has 0 spiro atoms. The number of nitrogens with two attached hydrogens (primary N) is 1. The van der Waals surface area contributed by atoms with Gasteiger partial charge in [-0.2, -0.15) is 0 Å². The van der Waals surface area contributed by atoms with E-state index in [1.165, 1.54) is 25.7 Å². The van der Waals surface area contributed by atoms with Gasteiger partial charge in [-0.25, -0.2) is 13.1 Å². The average Bonchev–Trinajstić information content (AvgIpc) is 2.82. The van der Waals surface area contributed by atoms with Gasteiger partial charge in [-0.15, -0.1) is 24.0 Å². The fourth-order valence-electron chi connectivity index (χ4n) is 2.83. The maximum absolute atomic E-state index is 12.0. The van der Waals surface area contributed by atoms with Gasteiger partial charge >= 0.3 is 0 Å². The van der Waals surface area contributed by atoms with Gasteiger partial charge in [-0.3, -0.25) is 4.99 Å². The summed E-state index contributed by atoms with van der Waals surface area (Å²) >= 11 is 0. The SMILES string of the molecule is I.NC(=NCCS(=O)(=O)NCc1ccccc1)NC1CCCCCC1. The number of aliphatic imine (C=N–C) groups is 1. The van der Waals surface area contributed by atoms with Crippen molar-refractivity contribution >= 4 is 40.0 Å². The molecule has 4 N–H and O–H groups in total. The molecule has 1 saturated carbocycles. The third-order valence-corrected chi connectivity index (χ3v) is 5.49. The molecule has 2 rings (SSSR count). The van der Waals surface area contributed by atoms with E-state index in [-0.39, 0.29) is 36.3 Å². The van der Waals surface area contributed by atoms with Crippen molar-refractivity contribution in [3.05, 3.63) is 35.9 Å². The van der Waals surface area contributed by atoms with Gasteiger partial charge in [0.05, 0.1) is 12.3 Å². The fourth-order valence-corrected chi connectivity index (χ4v) is 3.69. The van der Waals surface area contributed by atoms with E-state index in [1.54, 1.807) is 0 Å². The Morgan fingerprint density at radius 3 is 2.40 bits per heavy atom. The Morgan fingerprint density at radius 2 is 1.76 bits per heavy atom. The number of nitrogens with one attached hydrogen (secondary N) is 2. The highest BCUT2D eigenvalue weighted by Crippen LogP contribution is 2.16. The molecule has 1 fully saturated rings. The first kappa shape index (κ1) is 22.2. The van der Waals surface area contributed by atoms with Crippen molar-refractivity contribution in [2.45, 2.75) is 51.1 Å². The van der Waals surface area contributed by atoms with Gasteiger partial charge < -0.3 is 11.1 Å². The van der Waals surface area contributed by atoms with Crippen LogP contribution in [-0.2, 0) is 16.6 Å². The quantitative estimate of drug-likeness (QED) is 0.242. The molecule has 142 valence electrons. The smallest absolute Gasteiger partial charge is 0.213 e. The summed E-state index contributed by atoms with van der Waals surface area (Å²) in [5.41, 5.74) is 6.80. The summed E-state index contributed by atoms with van der Waals surface area (Å²) < 4.78 is 26.5. The molecular weight excluding hydrogens is 451 g/mol. The monoisotopic (exact) mass is 480 g/mol. The first-order chi connectivity index (χ1) is 11.6. The van der Waals surface area contributed by atoms with Crippen LogP contribution in [0.25, 0.3) is 0 Å². The van der Waals surface area contributed by atoms with Gasteiger partial charge in [0.25, 0.3) is 0 Å². The molecule has 1 aliphatic carbocycles. The summed E-state index contributed by atoms with van der Waals surface area (Å²) in [5.74, 6) is 0.285. The van der Waals surface area contributed by atoms with Crippen LogP contribution >= 0.6 is 24.0 Å². The number of nitrogens with zero attached hydrogens (tertiary/aromatic N) is 1. The molecule has 0 bridgehead atoms. The van der Waals surface area contributed by atoms with E-state index < -0.39 is 10.0 Å². The molecule has 0 atom stereocenters. The van der Waals surface area contributed by atoms with Gasteiger partial charge in [0.2, 0.25) is 10.0 Å². The van der Waals surface area contributed by atoms with Crippen molar-refractivity contribution in [1.29, 1.82) is 0 Å². The highest BCUT2D eigenvalue weighted by Gasteiger charge is 2.13. The molecule has 0 amide bonds. The summed E-state index contributed by atoms with van der Waals surface area (Å²) in [6.07, 6.45) is 7.19. The normalized spacial score (nSPS) is 16.7. The highest BCUT2D eigenvalue weighted by atomic mass is 127. The molecule has 6 nitrogen and oxygen atoms in total. The summed E-state index contributed by atoms with van der Waals surface area (Å²) in [7, 11) is -3.35. The maximum Gasteiger partial charge on any atom is 0.213 e. The van der Waals surface area contributed by atoms with E-state index in [0.29, 0.717) is 18.5 Å². The molecule has 0 heterocycles. The molecule has 8 heteroatoms. The number of guanidine groups is 1. The van der Waals surface area contributed by atoms with E-state index in [0.717, 1.165) is 18.4 Å². The summed E-state index contributed by atoms with van der Waals surface area (Å²) in [5, 5.41) is 3.22. The Morgan fingerprint density at radius 1 is 1.12 bits per heavy atom. The first-order valence-electron chi connectivity index (χ1n) is 8.63. The highest BCUT2D eigenvalue weighted by molar-refractivity contribution is 14.0. The van der Waals surface area contributed by atoms with E-state index >= 15 is 0 Å². The van der Waals surface area contributed by atoms with E-state index in [1.807, 2.05) is 30.3 Å². The van der Waals surface area contributed by atoms with Crippen molar-refractivity contribution in [3.8, 4) is 0 Å². The van der Waals surface area contributed by atoms with Crippen LogP contribution in [0.4, 0.5) is 0 Å². The Kier molecular flexibility index (Phi) is 10.4. The minimum Gasteiger partial charge on any atom is -0.370 e. The summed E-state index contributed by atoms with van der Waals surface area (Å²) in [6, 6.07) is 9.80.